The predicted molar refractivity (Wildman–Crippen MR) is 166 cm³/mol. The molecule has 4 aromatic rings. The maximum absolute atomic E-state index is 11.0. The van der Waals surface area contributed by atoms with Gasteiger partial charge in [-0.3, -0.25) is 9.47 Å². The van der Waals surface area contributed by atoms with Gasteiger partial charge >= 0.3 is 0 Å². The number of nitrogens with two attached hydrogens (primary N) is 1. The van der Waals surface area contributed by atoms with Crippen molar-refractivity contribution in [3.8, 4) is 0 Å². The first-order valence-corrected chi connectivity index (χ1v) is 15.6. The quantitative estimate of drug-likeness (QED) is 0.224. The average Bonchev–Trinajstić information content (AvgIpc) is 3.63. The van der Waals surface area contributed by atoms with Crippen molar-refractivity contribution in [3.63, 3.8) is 0 Å². The van der Waals surface area contributed by atoms with Crippen LogP contribution >= 0.6 is 0 Å². The highest BCUT2D eigenvalue weighted by Crippen LogP contribution is 2.41. The van der Waals surface area contributed by atoms with Crippen LogP contribution in [0.5, 0.6) is 0 Å². The second-order valence-electron chi connectivity index (χ2n) is 13.9. The first-order chi connectivity index (χ1) is 20.4. The topological polar surface area (TPSA) is 151 Å². The molecule has 2 fully saturated rings. The van der Waals surface area contributed by atoms with Gasteiger partial charge in [-0.05, 0) is 68.6 Å². The number of aliphatic hydroxyl groups excluding tert-OH is 2. The molecule has 5 N–H and O–H groups in total. The van der Waals surface area contributed by atoms with E-state index in [4.69, 9.17) is 15.5 Å². The molecule has 6 rings (SSSR count). The molecule has 4 heterocycles. The third-order valence-electron chi connectivity index (χ3n) is 9.60. The van der Waals surface area contributed by atoms with Crippen molar-refractivity contribution in [2.24, 2.45) is 5.92 Å². The highest BCUT2D eigenvalue weighted by Gasteiger charge is 2.46. The van der Waals surface area contributed by atoms with Crippen molar-refractivity contribution >= 4 is 28.0 Å². The summed E-state index contributed by atoms with van der Waals surface area (Å²) in [5.41, 5.74) is 10.4. The molecule has 0 spiro atoms. The Hall–Kier alpha value is -3.12. The number of imidazole rings is 2. The van der Waals surface area contributed by atoms with Gasteiger partial charge in [0.1, 0.15) is 36.0 Å². The Morgan fingerprint density at radius 3 is 2.60 bits per heavy atom. The lowest BCUT2D eigenvalue weighted by Crippen LogP contribution is -2.52. The number of fused-ring (bicyclic) bond motifs is 2. The van der Waals surface area contributed by atoms with E-state index in [2.05, 4.69) is 84.6 Å². The second kappa shape index (κ2) is 11.4. The van der Waals surface area contributed by atoms with E-state index in [1.54, 1.807) is 4.57 Å². The molecule has 2 aliphatic rings. The van der Waals surface area contributed by atoms with Crippen LogP contribution in [0.1, 0.15) is 90.8 Å². The van der Waals surface area contributed by atoms with Crippen molar-refractivity contribution in [1.29, 1.82) is 0 Å². The number of hydrogen-bond donors (Lipinski definition) is 4. The standard InChI is InChI=1S/C32H46N8O3/c1-7-19(29-37-22-9-8-20(32(4,5)6)13-23(22)38-29)10-18-11-21(12-18)39(17(2)3)14-24-26(41)27(42)31(43-24)40-16-36-25-28(33)34-15-35-30(25)40/h8-9,13,15-19,21,24,26-27,31,41-42H,7,10-12,14H2,1-6H3,(H,37,38)(H2,33,34,35)/t18?,19?,21?,24-,26-,27+,31-/m1/s1. The molecule has 1 unspecified atom stereocenters. The number of benzene rings is 1. The van der Waals surface area contributed by atoms with Crippen molar-refractivity contribution in [2.45, 2.75) is 115 Å². The Morgan fingerprint density at radius 1 is 1.14 bits per heavy atom. The fraction of sp³-hybridized carbons (Fsp3) is 0.625. The molecule has 5 atom stereocenters. The molecule has 1 aliphatic carbocycles. The molecule has 1 saturated carbocycles. The normalized spacial score (nSPS) is 27.0. The zero-order valence-corrected chi connectivity index (χ0v) is 26.1. The maximum atomic E-state index is 11.0. The number of ether oxygens (including phenoxy) is 1. The summed E-state index contributed by atoms with van der Waals surface area (Å²) in [6, 6.07) is 7.26. The summed E-state index contributed by atoms with van der Waals surface area (Å²) < 4.78 is 7.90. The molecular formula is C32H46N8O3. The van der Waals surface area contributed by atoms with E-state index in [-0.39, 0.29) is 17.3 Å². The molecule has 11 nitrogen and oxygen atoms in total. The molecule has 0 amide bonds. The van der Waals surface area contributed by atoms with E-state index in [0.717, 1.165) is 42.5 Å². The number of anilines is 1. The molecular weight excluding hydrogens is 544 g/mol. The van der Waals surface area contributed by atoms with Crippen molar-refractivity contribution in [2.75, 3.05) is 12.3 Å². The Labute approximate surface area is 252 Å². The highest BCUT2D eigenvalue weighted by molar-refractivity contribution is 5.81. The smallest absolute Gasteiger partial charge is 0.167 e. The van der Waals surface area contributed by atoms with Gasteiger partial charge in [-0.25, -0.2) is 19.9 Å². The van der Waals surface area contributed by atoms with Crippen LogP contribution < -0.4 is 5.73 Å². The number of nitrogens with zero attached hydrogens (tertiary/aromatic N) is 6. The van der Waals surface area contributed by atoms with E-state index in [0.29, 0.717) is 35.6 Å². The molecule has 232 valence electrons. The third kappa shape index (κ3) is 5.63. The minimum absolute atomic E-state index is 0.1000. The van der Waals surface area contributed by atoms with Gasteiger partial charge < -0.3 is 25.7 Å². The molecule has 1 saturated heterocycles. The fourth-order valence-corrected chi connectivity index (χ4v) is 6.88. The minimum Gasteiger partial charge on any atom is -0.387 e. The molecule has 1 aromatic carbocycles. The lowest BCUT2D eigenvalue weighted by Gasteiger charge is -2.46. The SMILES string of the molecule is CCC(CC1CC(N(C[C@H]2O[C@@H](n3cnc4c(N)ncnc43)[C@@H](O)[C@@H]2O)C(C)C)C1)c1nc2ccc(C(C)(C)C)cc2[nH]1. The number of aromatic nitrogens is 6. The summed E-state index contributed by atoms with van der Waals surface area (Å²) >= 11 is 0. The van der Waals surface area contributed by atoms with Gasteiger partial charge in [-0.2, -0.15) is 0 Å². The van der Waals surface area contributed by atoms with Gasteiger partial charge in [0.25, 0.3) is 0 Å². The lowest BCUT2D eigenvalue weighted by atomic mass is 9.73. The zero-order valence-electron chi connectivity index (χ0n) is 26.1. The Kier molecular flexibility index (Phi) is 7.95. The Bertz CT molecular complexity index is 1570. The van der Waals surface area contributed by atoms with E-state index >= 15 is 0 Å². The number of nitrogens with one attached hydrogen (secondary N) is 1. The number of nitrogen functional groups attached to an aromatic ring is 1. The number of aromatic amines is 1. The Morgan fingerprint density at radius 2 is 1.91 bits per heavy atom. The minimum atomic E-state index is -1.12. The van der Waals surface area contributed by atoms with Gasteiger partial charge in [-0.1, -0.05) is 33.8 Å². The van der Waals surface area contributed by atoms with E-state index in [1.807, 2.05) is 0 Å². The maximum Gasteiger partial charge on any atom is 0.167 e. The monoisotopic (exact) mass is 590 g/mol. The number of rotatable bonds is 9. The van der Waals surface area contributed by atoms with Gasteiger partial charge in [0.05, 0.1) is 17.4 Å². The summed E-state index contributed by atoms with van der Waals surface area (Å²) in [6.07, 6.45) is 3.73. The van der Waals surface area contributed by atoms with Crippen LogP contribution in [0, 0.1) is 5.92 Å². The van der Waals surface area contributed by atoms with Crippen LogP contribution in [0.3, 0.4) is 0 Å². The molecule has 3 aromatic heterocycles. The van der Waals surface area contributed by atoms with Crippen LogP contribution in [0.15, 0.2) is 30.9 Å². The largest absolute Gasteiger partial charge is 0.387 e. The fourth-order valence-electron chi connectivity index (χ4n) is 6.88. The van der Waals surface area contributed by atoms with Crippen LogP contribution in [0.2, 0.25) is 0 Å². The number of hydrogen-bond acceptors (Lipinski definition) is 9. The lowest BCUT2D eigenvalue weighted by molar-refractivity contribution is -0.0623. The summed E-state index contributed by atoms with van der Waals surface area (Å²) in [7, 11) is 0. The molecule has 11 heteroatoms. The predicted octanol–water partition coefficient (Wildman–Crippen LogP) is 4.27. The first kappa shape index (κ1) is 29.9. The van der Waals surface area contributed by atoms with Crippen molar-refractivity contribution in [3.05, 3.63) is 42.2 Å². The van der Waals surface area contributed by atoms with Crippen LogP contribution in [-0.4, -0.2) is 81.5 Å². The van der Waals surface area contributed by atoms with E-state index < -0.39 is 24.5 Å². The summed E-state index contributed by atoms with van der Waals surface area (Å²) in [5, 5.41) is 22.0. The van der Waals surface area contributed by atoms with E-state index in [9.17, 15) is 10.2 Å². The highest BCUT2D eigenvalue weighted by atomic mass is 16.6. The van der Waals surface area contributed by atoms with Gasteiger partial charge in [0.15, 0.2) is 17.7 Å². The van der Waals surface area contributed by atoms with Gasteiger partial charge in [0, 0.05) is 24.5 Å². The third-order valence-corrected chi connectivity index (χ3v) is 9.60. The molecule has 43 heavy (non-hydrogen) atoms. The van der Waals surface area contributed by atoms with Gasteiger partial charge in [0.2, 0.25) is 0 Å². The van der Waals surface area contributed by atoms with Crippen molar-refractivity contribution < 1.29 is 14.9 Å². The molecule has 0 radical (unpaired) electrons. The second-order valence-corrected chi connectivity index (χ2v) is 13.9. The number of H-pyrrole nitrogens is 1. The summed E-state index contributed by atoms with van der Waals surface area (Å²) in [4.78, 5) is 23.6. The van der Waals surface area contributed by atoms with Crippen LogP contribution in [0.4, 0.5) is 5.82 Å². The summed E-state index contributed by atoms with van der Waals surface area (Å²) in [6.45, 7) is 13.9. The zero-order chi connectivity index (χ0) is 30.6. The average molecular weight is 591 g/mol. The molecule has 0 bridgehead atoms. The number of aliphatic hydroxyl groups is 2. The summed E-state index contributed by atoms with van der Waals surface area (Å²) in [5.74, 6) is 2.36. The Balaban J connectivity index is 1.09. The first-order valence-electron chi connectivity index (χ1n) is 15.6. The molecule has 1 aliphatic heterocycles. The van der Waals surface area contributed by atoms with E-state index in [1.165, 1.54) is 18.2 Å². The van der Waals surface area contributed by atoms with Crippen LogP contribution in [-0.2, 0) is 10.2 Å². The van der Waals surface area contributed by atoms with Gasteiger partial charge in [-0.15, -0.1) is 0 Å². The van der Waals surface area contributed by atoms with Crippen LogP contribution in [0.25, 0.3) is 22.2 Å². The van der Waals surface area contributed by atoms with Crippen molar-refractivity contribution in [1.82, 2.24) is 34.4 Å².